The molecule has 1 fully saturated rings. The first-order valence-electron chi connectivity index (χ1n) is 5.34. The van der Waals surface area contributed by atoms with E-state index in [9.17, 15) is 0 Å². The lowest BCUT2D eigenvalue weighted by molar-refractivity contribution is 0.175. The molecule has 2 rings (SSSR count). The molecule has 0 amide bonds. The highest BCUT2D eigenvalue weighted by Gasteiger charge is 2.34. The van der Waals surface area contributed by atoms with Crippen LogP contribution in [0.1, 0.15) is 38.2 Å². The Hall–Kier alpha value is -0.960. The number of hydrogen-bond donors (Lipinski definition) is 1. The van der Waals surface area contributed by atoms with Gasteiger partial charge in [-0.25, -0.2) is 9.97 Å². The Morgan fingerprint density at radius 3 is 2.57 bits per heavy atom. The van der Waals surface area contributed by atoms with Crippen molar-refractivity contribution < 1.29 is 0 Å². The van der Waals surface area contributed by atoms with E-state index in [-0.39, 0.29) is 0 Å². The van der Waals surface area contributed by atoms with Crippen LogP contribution in [-0.2, 0) is 6.54 Å². The van der Waals surface area contributed by atoms with Crippen molar-refractivity contribution in [3.63, 3.8) is 0 Å². The Morgan fingerprint density at radius 2 is 2.07 bits per heavy atom. The lowest BCUT2D eigenvalue weighted by Gasteiger charge is -2.42. The Bertz CT molecular complexity index is 274. The van der Waals surface area contributed by atoms with Gasteiger partial charge in [-0.3, -0.25) is 0 Å². The zero-order valence-electron chi connectivity index (χ0n) is 8.66. The van der Waals surface area contributed by atoms with Gasteiger partial charge in [0.1, 0.15) is 6.33 Å². The minimum absolute atomic E-state index is 0.413. The molecule has 1 aromatic heterocycles. The van der Waals surface area contributed by atoms with Crippen molar-refractivity contribution in [3.05, 3.63) is 24.3 Å². The predicted octanol–water partition coefficient (Wildman–Crippen LogP) is 1.90. The van der Waals surface area contributed by atoms with Gasteiger partial charge in [0.15, 0.2) is 0 Å². The minimum Gasteiger partial charge on any atom is -0.307 e. The number of nitrogens with one attached hydrogen (secondary N) is 1. The quantitative estimate of drug-likeness (QED) is 0.790. The molecule has 3 heteroatoms. The molecule has 14 heavy (non-hydrogen) atoms. The number of rotatable bonds is 4. The molecule has 0 bridgehead atoms. The van der Waals surface area contributed by atoms with Gasteiger partial charge in [0, 0.05) is 30.0 Å². The first kappa shape index (κ1) is 9.59. The van der Waals surface area contributed by atoms with Gasteiger partial charge in [-0.2, -0.15) is 0 Å². The summed E-state index contributed by atoms with van der Waals surface area (Å²) in [5.41, 5.74) is 1.59. The second kappa shape index (κ2) is 4.05. The summed E-state index contributed by atoms with van der Waals surface area (Å²) in [7, 11) is 0. The Labute approximate surface area is 85.0 Å². The molecule has 0 unspecified atom stereocenters. The Morgan fingerprint density at radius 1 is 1.36 bits per heavy atom. The molecule has 0 spiro atoms. The zero-order valence-corrected chi connectivity index (χ0v) is 8.66. The van der Waals surface area contributed by atoms with Crippen LogP contribution < -0.4 is 5.32 Å². The van der Waals surface area contributed by atoms with Crippen molar-refractivity contribution in [3.8, 4) is 0 Å². The van der Waals surface area contributed by atoms with Crippen LogP contribution in [0.3, 0.4) is 0 Å². The van der Waals surface area contributed by atoms with E-state index in [1.807, 2.05) is 12.4 Å². The highest BCUT2D eigenvalue weighted by Crippen LogP contribution is 2.34. The fourth-order valence-electron chi connectivity index (χ4n) is 1.97. The van der Waals surface area contributed by atoms with Gasteiger partial charge in [-0.15, -0.1) is 0 Å². The molecule has 0 saturated heterocycles. The Balaban J connectivity index is 1.88. The van der Waals surface area contributed by atoms with E-state index in [2.05, 4.69) is 22.2 Å². The van der Waals surface area contributed by atoms with Crippen molar-refractivity contribution >= 4 is 0 Å². The summed E-state index contributed by atoms with van der Waals surface area (Å²) in [6.07, 6.45) is 10.5. The summed E-state index contributed by atoms with van der Waals surface area (Å²) in [5, 5.41) is 3.62. The molecule has 1 aliphatic rings. The van der Waals surface area contributed by atoms with E-state index < -0.39 is 0 Å². The molecule has 1 aromatic rings. The zero-order chi connectivity index (χ0) is 9.86. The minimum atomic E-state index is 0.413. The topological polar surface area (TPSA) is 37.8 Å². The molecule has 0 aliphatic heterocycles. The maximum absolute atomic E-state index is 4.00. The second-order valence-electron chi connectivity index (χ2n) is 4.09. The van der Waals surface area contributed by atoms with Crippen LogP contribution in [0.5, 0.6) is 0 Å². The fraction of sp³-hybridized carbons (Fsp3) is 0.636. The van der Waals surface area contributed by atoms with E-state index in [4.69, 9.17) is 0 Å². The van der Waals surface area contributed by atoms with Gasteiger partial charge in [0.05, 0.1) is 0 Å². The molecule has 0 atom stereocenters. The largest absolute Gasteiger partial charge is 0.307 e. The third-order valence-corrected chi connectivity index (χ3v) is 3.27. The van der Waals surface area contributed by atoms with Gasteiger partial charge in [-0.1, -0.05) is 6.92 Å². The summed E-state index contributed by atoms with van der Waals surface area (Å²) in [6.45, 7) is 3.16. The summed E-state index contributed by atoms with van der Waals surface area (Å²) in [5.74, 6) is 0. The van der Waals surface area contributed by atoms with Crippen molar-refractivity contribution in [2.75, 3.05) is 0 Å². The molecular formula is C11H17N3. The fourth-order valence-corrected chi connectivity index (χ4v) is 1.97. The van der Waals surface area contributed by atoms with Crippen LogP contribution in [0.25, 0.3) is 0 Å². The molecule has 1 heterocycles. The van der Waals surface area contributed by atoms with Crippen LogP contribution in [0.15, 0.2) is 18.7 Å². The highest BCUT2D eigenvalue weighted by molar-refractivity contribution is 5.04. The average molecular weight is 191 g/mol. The van der Waals surface area contributed by atoms with Crippen LogP contribution in [-0.4, -0.2) is 15.5 Å². The smallest absolute Gasteiger partial charge is 0.115 e. The molecule has 1 saturated carbocycles. The molecule has 3 nitrogen and oxygen atoms in total. The first-order valence-corrected chi connectivity index (χ1v) is 5.34. The lowest BCUT2D eigenvalue weighted by Crippen LogP contribution is -2.49. The van der Waals surface area contributed by atoms with Crippen LogP contribution in [0, 0.1) is 0 Å². The van der Waals surface area contributed by atoms with Gasteiger partial charge < -0.3 is 5.32 Å². The number of hydrogen-bond acceptors (Lipinski definition) is 3. The summed E-state index contributed by atoms with van der Waals surface area (Å²) < 4.78 is 0. The normalized spacial score (nSPS) is 18.9. The van der Waals surface area contributed by atoms with E-state index >= 15 is 0 Å². The predicted molar refractivity (Wildman–Crippen MR) is 55.7 cm³/mol. The van der Waals surface area contributed by atoms with Crippen molar-refractivity contribution in [2.24, 2.45) is 0 Å². The van der Waals surface area contributed by atoms with Crippen LogP contribution in [0.2, 0.25) is 0 Å². The third kappa shape index (κ3) is 1.93. The SMILES string of the molecule is CCC1(NCc2cncnc2)CCC1. The molecular weight excluding hydrogens is 174 g/mol. The van der Waals surface area contributed by atoms with Gasteiger partial charge in [0.25, 0.3) is 0 Å². The third-order valence-electron chi connectivity index (χ3n) is 3.27. The van der Waals surface area contributed by atoms with Crippen molar-refractivity contribution in [2.45, 2.75) is 44.7 Å². The van der Waals surface area contributed by atoms with Gasteiger partial charge in [-0.05, 0) is 25.7 Å². The van der Waals surface area contributed by atoms with E-state index in [0.29, 0.717) is 5.54 Å². The molecule has 0 radical (unpaired) electrons. The monoisotopic (exact) mass is 191 g/mol. The van der Waals surface area contributed by atoms with E-state index in [1.165, 1.54) is 31.2 Å². The maximum atomic E-state index is 4.00. The van der Waals surface area contributed by atoms with E-state index in [1.54, 1.807) is 6.33 Å². The van der Waals surface area contributed by atoms with Gasteiger partial charge >= 0.3 is 0 Å². The standard InChI is InChI=1S/C11H17N3/c1-2-11(4-3-5-11)14-8-10-6-12-9-13-7-10/h6-7,9,14H,2-5,8H2,1H3. The van der Waals surface area contributed by atoms with Crippen molar-refractivity contribution in [1.29, 1.82) is 0 Å². The molecule has 76 valence electrons. The average Bonchev–Trinajstić information content (AvgIpc) is 2.19. The summed E-state index contributed by atoms with van der Waals surface area (Å²) >= 11 is 0. The van der Waals surface area contributed by atoms with Crippen molar-refractivity contribution in [1.82, 2.24) is 15.3 Å². The van der Waals surface area contributed by atoms with E-state index in [0.717, 1.165) is 6.54 Å². The summed E-state index contributed by atoms with van der Waals surface area (Å²) in [4.78, 5) is 8.01. The van der Waals surface area contributed by atoms with Gasteiger partial charge in [0.2, 0.25) is 0 Å². The molecule has 1 N–H and O–H groups in total. The maximum Gasteiger partial charge on any atom is 0.115 e. The van der Waals surface area contributed by atoms with Crippen LogP contribution >= 0.6 is 0 Å². The second-order valence-corrected chi connectivity index (χ2v) is 4.09. The molecule has 0 aromatic carbocycles. The Kier molecular flexibility index (Phi) is 2.77. The molecule has 1 aliphatic carbocycles. The first-order chi connectivity index (χ1) is 6.85. The lowest BCUT2D eigenvalue weighted by atomic mass is 9.75. The highest BCUT2D eigenvalue weighted by atomic mass is 15.0. The van der Waals surface area contributed by atoms with Crippen LogP contribution in [0.4, 0.5) is 0 Å². The number of aromatic nitrogens is 2. The number of nitrogens with zero attached hydrogens (tertiary/aromatic N) is 2. The summed E-state index contributed by atoms with van der Waals surface area (Å²) in [6, 6.07) is 0.